The number of benzene rings is 1. The third-order valence-electron chi connectivity index (χ3n) is 5.26. The summed E-state index contributed by atoms with van der Waals surface area (Å²) in [5, 5.41) is 2.00. The number of methoxy groups -OCH3 is 1. The number of aromatic nitrogens is 3. The molecule has 3 aromatic heterocycles. The first-order valence-corrected chi connectivity index (χ1v) is 11.7. The number of thiophene rings is 1. The number of nitrogens with two attached hydrogens (primary N) is 1. The van der Waals surface area contributed by atoms with Crippen molar-refractivity contribution >= 4 is 44.5 Å². The van der Waals surface area contributed by atoms with Crippen LogP contribution in [0.2, 0.25) is 0 Å². The average Bonchev–Trinajstić information content (AvgIpc) is 3.36. The second-order valence-corrected chi connectivity index (χ2v) is 9.70. The fraction of sp³-hybridized carbons (Fsp3) is 0.375. The van der Waals surface area contributed by atoms with Crippen LogP contribution in [0, 0.1) is 0 Å². The van der Waals surface area contributed by atoms with Gasteiger partial charge in [-0.05, 0) is 56.8 Å². The van der Waals surface area contributed by atoms with E-state index in [-0.39, 0.29) is 6.09 Å². The minimum absolute atomic E-state index is 0.294. The molecule has 0 atom stereocenters. The van der Waals surface area contributed by atoms with Crippen molar-refractivity contribution < 1.29 is 14.3 Å². The number of ether oxygens (including phenoxy) is 2. The van der Waals surface area contributed by atoms with Crippen LogP contribution in [0.4, 0.5) is 10.6 Å². The average molecular weight is 468 g/mol. The van der Waals surface area contributed by atoms with Crippen LogP contribution in [-0.4, -0.2) is 44.8 Å². The Morgan fingerprint density at radius 2 is 1.91 bits per heavy atom. The molecule has 1 aromatic carbocycles. The maximum absolute atomic E-state index is 12.8. The van der Waals surface area contributed by atoms with Gasteiger partial charge in [-0.3, -0.25) is 0 Å². The molecule has 4 aromatic rings. The standard InChI is InChI=1S/C24H29N5O3S/c1-6-28(23(30)32-24(2,3)4)14-18-27-19-20(21-17(11-12-33-21)26-22(19)25)29(18)13-15-7-9-16(31-5)10-8-15/h7-12H,6,13-14H2,1-5H3,(H2,25,26). The van der Waals surface area contributed by atoms with E-state index in [2.05, 4.69) is 9.55 Å². The molecular weight excluding hydrogens is 438 g/mol. The molecule has 174 valence electrons. The van der Waals surface area contributed by atoms with Crippen molar-refractivity contribution in [3.05, 3.63) is 47.1 Å². The zero-order valence-electron chi connectivity index (χ0n) is 19.6. The summed E-state index contributed by atoms with van der Waals surface area (Å²) < 4.78 is 14.0. The number of amides is 1. The Morgan fingerprint density at radius 3 is 2.55 bits per heavy atom. The van der Waals surface area contributed by atoms with E-state index in [1.165, 1.54) is 0 Å². The van der Waals surface area contributed by atoms with Crippen molar-refractivity contribution in [1.29, 1.82) is 0 Å². The fourth-order valence-corrected chi connectivity index (χ4v) is 4.55. The molecule has 0 saturated carbocycles. The van der Waals surface area contributed by atoms with Crippen LogP contribution < -0.4 is 10.5 Å². The summed E-state index contributed by atoms with van der Waals surface area (Å²) in [5.41, 5.74) is 9.22. The van der Waals surface area contributed by atoms with Gasteiger partial charge in [0, 0.05) is 13.1 Å². The van der Waals surface area contributed by atoms with Crippen LogP contribution >= 0.6 is 11.3 Å². The largest absolute Gasteiger partial charge is 0.497 e. The van der Waals surface area contributed by atoms with Gasteiger partial charge in [0.1, 0.15) is 22.7 Å². The molecule has 2 N–H and O–H groups in total. The van der Waals surface area contributed by atoms with Crippen LogP contribution in [0.5, 0.6) is 5.75 Å². The van der Waals surface area contributed by atoms with E-state index in [1.807, 2.05) is 63.4 Å². The van der Waals surface area contributed by atoms with Gasteiger partial charge in [-0.25, -0.2) is 14.8 Å². The van der Waals surface area contributed by atoms with Crippen LogP contribution in [0.25, 0.3) is 21.3 Å². The molecule has 0 radical (unpaired) electrons. The molecular formula is C24H29N5O3S. The quantitative estimate of drug-likeness (QED) is 0.427. The van der Waals surface area contributed by atoms with Crippen LogP contribution in [0.15, 0.2) is 35.7 Å². The number of nitrogens with zero attached hydrogens (tertiary/aromatic N) is 4. The number of pyridine rings is 1. The monoisotopic (exact) mass is 467 g/mol. The van der Waals surface area contributed by atoms with Crippen molar-refractivity contribution in [2.75, 3.05) is 19.4 Å². The highest BCUT2D eigenvalue weighted by Gasteiger charge is 2.25. The summed E-state index contributed by atoms with van der Waals surface area (Å²) in [6, 6.07) is 9.87. The maximum Gasteiger partial charge on any atom is 0.410 e. The van der Waals surface area contributed by atoms with Crippen LogP contribution in [0.3, 0.4) is 0 Å². The van der Waals surface area contributed by atoms with Crippen molar-refractivity contribution in [2.45, 2.75) is 46.4 Å². The Kier molecular flexibility index (Phi) is 6.16. The lowest BCUT2D eigenvalue weighted by atomic mass is 10.2. The Bertz CT molecular complexity index is 1290. The van der Waals surface area contributed by atoms with E-state index >= 15 is 0 Å². The lowest BCUT2D eigenvalue weighted by Gasteiger charge is -2.26. The topological polar surface area (TPSA) is 95.5 Å². The Hall–Kier alpha value is -3.33. The molecule has 0 saturated heterocycles. The molecule has 3 heterocycles. The third-order valence-corrected chi connectivity index (χ3v) is 6.17. The van der Waals surface area contributed by atoms with Gasteiger partial charge >= 0.3 is 6.09 Å². The highest BCUT2D eigenvalue weighted by molar-refractivity contribution is 7.18. The molecule has 0 bridgehead atoms. The zero-order chi connectivity index (χ0) is 23.8. The molecule has 8 nitrogen and oxygen atoms in total. The molecule has 0 aliphatic carbocycles. The summed E-state index contributed by atoms with van der Waals surface area (Å²) in [6.45, 7) is 8.85. The molecule has 0 unspecified atom stereocenters. The predicted octanol–water partition coefficient (Wildman–Crippen LogP) is 5.04. The molecule has 0 fully saturated rings. The normalized spacial score (nSPS) is 11.8. The number of anilines is 1. The Balaban J connectivity index is 1.81. The fourth-order valence-electron chi connectivity index (χ4n) is 3.67. The molecule has 1 amide bonds. The van der Waals surface area contributed by atoms with Gasteiger partial charge in [-0.15, -0.1) is 11.3 Å². The summed E-state index contributed by atoms with van der Waals surface area (Å²) in [5.74, 6) is 1.90. The first-order valence-electron chi connectivity index (χ1n) is 10.8. The second-order valence-electron chi connectivity index (χ2n) is 8.79. The number of imidazole rings is 1. The van der Waals surface area contributed by atoms with Gasteiger partial charge < -0.3 is 24.7 Å². The van der Waals surface area contributed by atoms with Gasteiger partial charge in [0.15, 0.2) is 5.82 Å². The van der Waals surface area contributed by atoms with E-state index in [1.54, 1.807) is 23.3 Å². The summed E-state index contributed by atoms with van der Waals surface area (Å²) >= 11 is 1.60. The SMILES string of the molecule is CCN(Cc1nc2c(N)nc3ccsc3c2n1Cc1ccc(OC)cc1)C(=O)OC(C)(C)C. The molecule has 0 spiro atoms. The lowest BCUT2D eigenvalue weighted by molar-refractivity contribution is 0.0238. The maximum atomic E-state index is 12.8. The second kappa shape index (κ2) is 8.90. The zero-order valence-corrected chi connectivity index (χ0v) is 20.4. The van der Waals surface area contributed by atoms with E-state index < -0.39 is 5.60 Å². The molecule has 0 aliphatic rings. The molecule has 4 rings (SSSR count). The number of hydrogen-bond acceptors (Lipinski definition) is 7. The summed E-state index contributed by atoms with van der Waals surface area (Å²) in [6.07, 6.45) is -0.375. The van der Waals surface area contributed by atoms with Crippen LogP contribution in [-0.2, 0) is 17.8 Å². The number of nitrogen functional groups attached to an aromatic ring is 1. The van der Waals surface area contributed by atoms with Gasteiger partial charge in [-0.2, -0.15) is 0 Å². The molecule has 0 aliphatic heterocycles. The highest BCUT2D eigenvalue weighted by Crippen LogP contribution is 2.33. The number of carbonyl (C=O) groups is 1. The van der Waals surface area contributed by atoms with Crippen LogP contribution in [0.1, 0.15) is 39.1 Å². The van der Waals surface area contributed by atoms with E-state index in [0.29, 0.717) is 31.0 Å². The number of fused-ring (bicyclic) bond motifs is 3. The van der Waals surface area contributed by atoms with Crippen molar-refractivity contribution in [1.82, 2.24) is 19.4 Å². The van der Waals surface area contributed by atoms with E-state index in [9.17, 15) is 4.79 Å². The van der Waals surface area contributed by atoms with Gasteiger partial charge in [0.05, 0.1) is 29.4 Å². The first-order chi connectivity index (χ1) is 15.7. The third kappa shape index (κ3) is 4.73. The predicted molar refractivity (Wildman–Crippen MR) is 132 cm³/mol. The molecule has 33 heavy (non-hydrogen) atoms. The molecule has 9 heteroatoms. The summed E-state index contributed by atoms with van der Waals surface area (Å²) in [7, 11) is 1.65. The Morgan fingerprint density at radius 1 is 1.18 bits per heavy atom. The first kappa shape index (κ1) is 22.8. The van der Waals surface area contributed by atoms with Gasteiger partial charge in [0.2, 0.25) is 0 Å². The minimum atomic E-state index is -0.578. The van der Waals surface area contributed by atoms with Gasteiger partial charge in [-0.1, -0.05) is 12.1 Å². The van der Waals surface area contributed by atoms with Gasteiger partial charge in [0.25, 0.3) is 0 Å². The summed E-state index contributed by atoms with van der Waals surface area (Å²) in [4.78, 5) is 23.8. The smallest absolute Gasteiger partial charge is 0.410 e. The Labute approximate surface area is 196 Å². The van der Waals surface area contributed by atoms with Crippen molar-refractivity contribution in [3.63, 3.8) is 0 Å². The van der Waals surface area contributed by atoms with E-state index in [4.69, 9.17) is 20.2 Å². The van der Waals surface area contributed by atoms with E-state index in [0.717, 1.165) is 32.9 Å². The number of rotatable bonds is 6. The van der Waals surface area contributed by atoms with Crippen molar-refractivity contribution in [3.8, 4) is 5.75 Å². The number of hydrogen-bond donors (Lipinski definition) is 1. The lowest BCUT2D eigenvalue weighted by Crippen LogP contribution is -2.37. The van der Waals surface area contributed by atoms with Crippen molar-refractivity contribution in [2.24, 2.45) is 0 Å². The highest BCUT2D eigenvalue weighted by atomic mass is 32.1. The number of carbonyl (C=O) groups excluding carboxylic acids is 1. The minimum Gasteiger partial charge on any atom is -0.497 e.